The Morgan fingerprint density at radius 1 is 1.13 bits per heavy atom. The molecule has 0 bridgehead atoms. The van der Waals surface area contributed by atoms with E-state index in [-0.39, 0.29) is 11.4 Å². The lowest BCUT2D eigenvalue weighted by molar-refractivity contribution is 0.340. The Bertz CT molecular complexity index is 755. The van der Waals surface area contributed by atoms with Crippen LogP contribution in [-0.4, -0.2) is 21.6 Å². The number of hydrogen-bond acceptors (Lipinski definition) is 3. The molecule has 0 N–H and O–H groups in total. The molecular weight excluding hydrogens is 317 g/mol. The number of rotatable bonds is 7. The van der Waals surface area contributed by atoms with Gasteiger partial charge in [-0.05, 0) is 55.5 Å². The first kappa shape index (κ1) is 17.0. The molecule has 0 aliphatic rings. The third-order valence-corrected chi connectivity index (χ3v) is 4.94. The van der Waals surface area contributed by atoms with Gasteiger partial charge in [0.1, 0.15) is 11.6 Å². The summed E-state index contributed by atoms with van der Waals surface area (Å²) in [6, 6.07) is 11.5. The number of hydrogen-bond donors (Lipinski definition) is 0. The number of anilines is 1. The fraction of sp³-hybridized carbons (Fsp3) is 0.176. The fourth-order valence-electron chi connectivity index (χ4n) is 2.07. The van der Waals surface area contributed by atoms with Crippen molar-refractivity contribution >= 4 is 15.7 Å². The number of benzene rings is 2. The zero-order valence-electron chi connectivity index (χ0n) is 12.8. The summed E-state index contributed by atoms with van der Waals surface area (Å²) < 4.78 is 45.1. The van der Waals surface area contributed by atoms with Crippen LogP contribution in [-0.2, 0) is 10.0 Å². The SMILES string of the molecule is C=CCN(c1ccc(OCC)cc1)S(=O)(=O)c1ccc(F)cc1. The van der Waals surface area contributed by atoms with E-state index in [0.717, 1.165) is 12.1 Å². The van der Waals surface area contributed by atoms with Gasteiger partial charge in [0.25, 0.3) is 10.0 Å². The van der Waals surface area contributed by atoms with Gasteiger partial charge < -0.3 is 4.74 Å². The third-order valence-electron chi connectivity index (χ3n) is 3.13. The summed E-state index contributed by atoms with van der Waals surface area (Å²) in [5, 5.41) is 0. The molecular formula is C17H18FNO3S. The minimum atomic E-state index is -3.80. The van der Waals surface area contributed by atoms with Gasteiger partial charge in [0.2, 0.25) is 0 Å². The number of nitrogens with zero attached hydrogens (tertiary/aromatic N) is 1. The average Bonchev–Trinajstić information content (AvgIpc) is 2.54. The Morgan fingerprint density at radius 3 is 2.26 bits per heavy atom. The molecule has 0 saturated carbocycles. The minimum Gasteiger partial charge on any atom is -0.494 e. The van der Waals surface area contributed by atoms with Crippen molar-refractivity contribution < 1.29 is 17.5 Å². The van der Waals surface area contributed by atoms with Crippen LogP contribution < -0.4 is 9.04 Å². The Kier molecular flexibility index (Phi) is 5.39. The van der Waals surface area contributed by atoms with Crippen LogP contribution in [0.25, 0.3) is 0 Å². The van der Waals surface area contributed by atoms with Crippen molar-refractivity contribution in [3.63, 3.8) is 0 Å². The van der Waals surface area contributed by atoms with Crippen molar-refractivity contribution in [2.75, 3.05) is 17.5 Å². The van der Waals surface area contributed by atoms with Crippen molar-refractivity contribution in [2.24, 2.45) is 0 Å². The highest BCUT2D eigenvalue weighted by Gasteiger charge is 2.24. The maximum absolute atomic E-state index is 13.0. The molecule has 2 aromatic carbocycles. The molecule has 0 fully saturated rings. The van der Waals surface area contributed by atoms with Gasteiger partial charge in [-0.1, -0.05) is 6.08 Å². The van der Waals surface area contributed by atoms with E-state index in [1.54, 1.807) is 24.3 Å². The van der Waals surface area contributed by atoms with Gasteiger partial charge in [-0.25, -0.2) is 12.8 Å². The Morgan fingerprint density at radius 2 is 1.74 bits per heavy atom. The van der Waals surface area contributed by atoms with E-state index in [9.17, 15) is 12.8 Å². The topological polar surface area (TPSA) is 46.6 Å². The second kappa shape index (κ2) is 7.28. The normalized spacial score (nSPS) is 11.0. The van der Waals surface area contributed by atoms with Crippen molar-refractivity contribution in [1.29, 1.82) is 0 Å². The summed E-state index contributed by atoms with van der Waals surface area (Å²) in [5.74, 6) is 0.175. The highest BCUT2D eigenvalue weighted by Crippen LogP contribution is 2.26. The van der Waals surface area contributed by atoms with Gasteiger partial charge in [-0.15, -0.1) is 6.58 Å². The summed E-state index contributed by atoms with van der Waals surface area (Å²) in [6.45, 7) is 6.11. The van der Waals surface area contributed by atoms with Crippen LogP contribution in [0.1, 0.15) is 6.92 Å². The van der Waals surface area contributed by atoms with E-state index in [1.165, 1.54) is 22.5 Å². The summed E-state index contributed by atoms with van der Waals surface area (Å²) in [6.07, 6.45) is 1.50. The van der Waals surface area contributed by atoms with Crippen molar-refractivity contribution in [3.05, 3.63) is 67.0 Å². The minimum absolute atomic E-state index is 0.0228. The lowest BCUT2D eigenvalue weighted by Gasteiger charge is -2.23. The summed E-state index contributed by atoms with van der Waals surface area (Å²) in [4.78, 5) is 0.0228. The van der Waals surface area contributed by atoms with E-state index in [1.807, 2.05) is 6.92 Å². The van der Waals surface area contributed by atoms with Crippen LogP contribution in [0, 0.1) is 5.82 Å². The lowest BCUT2D eigenvalue weighted by atomic mass is 10.3. The van der Waals surface area contributed by atoms with Gasteiger partial charge in [-0.2, -0.15) is 0 Å². The summed E-state index contributed by atoms with van der Waals surface area (Å²) in [7, 11) is -3.80. The van der Waals surface area contributed by atoms with Crippen molar-refractivity contribution in [2.45, 2.75) is 11.8 Å². The number of halogens is 1. The standard InChI is InChI=1S/C17H18FNO3S/c1-3-13-19(15-7-9-16(10-8-15)22-4-2)23(20,21)17-11-5-14(18)6-12-17/h3,5-12H,1,4,13H2,2H3. The van der Waals surface area contributed by atoms with Crippen LogP contribution >= 0.6 is 0 Å². The number of ether oxygens (including phenoxy) is 1. The van der Waals surface area contributed by atoms with Crippen molar-refractivity contribution in [3.8, 4) is 5.75 Å². The molecule has 2 rings (SSSR count). The fourth-order valence-corrected chi connectivity index (χ4v) is 3.50. The van der Waals surface area contributed by atoms with Gasteiger partial charge in [0.15, 0.2) is 0 Å². The van der Waals surface area contributed by atoms with E-state index < -0.39 is 15.8 Å². The molecule has 0 saturated heterocycles. The molecule has 0 spiro atoms. The van der Waals surface area contributed by atoms with Crippen LogP contribution in [0.15, 0.2) is 66.1 Å². The average molecular weight is 335 g/mol. The molecule has 0 atom stereocenters. The van der Waals surface area contributed by atoms with E-state index in [4.69, 9.17) is 4.74 Å². The van der Waals surface area contributed by atoms with E-state index in [0.29, 0.717) is 18.0 Å². The maximum atomic E-state index is 13.0. The smallest absolute Gasteiger partial charge is 0.264 e. The maximum Gasteiger partial charge on any atom is 0.264 e. The molecule has 122 valence electrons. The van der Waals surface area contributed by atoms with E-state index >= 15 is 0 Å². The quantitative estimate of drug-likeness (QED) is 0.726. The molecule has 6 heteroatoms. The molecule has 0 aliphatic heterocycles. The summed E-state index contributed by atoms with van der Waals surface area (Å²) in [5.41, 5.74) is 0.484. The highest BCUT2D eigenvalue weighted by atomic mass is 32.2. The second-order valence-corrected chi connectivity index (χ2v) is 6.57. The van der Waals surface area contributed by atoms with Crippen LogP contribution in [0.3, 0.4) is 0 Å². The van der Waals surface area contributed by atoms with Gasteiger partial charge in [0.05, 0.1) is 23.7 Å². The first-order chi connectivity index (χ1) is 11.0. The van der Waals surface area contributed by atoms with Gasteiger partial charge in [-0.3, -0.25) is 4.31 Å². The number of sulfonamides is 1. The Balaban J connectivity index is 2.40. The van der Waals surface area contributed by atoms with Gasteiger partial charge >= 0.3 is 0 Å². The van der Waals surface area contributed by atoms with Gasteiger partial charge in [0, 0.05) is 0 Å². The van der Waals surface area contributed by atoms with Crippen LogP contribution in [0.2, 0.25) is 0 Å². The van der Waals surface area contributed by atoms with Crippen LogP contribution in [0.5, 0.6) is 5.75 Å². The second-order valence-electron chi connectivity index (χ2n) is 4.71. The molecule has 0 amide bonds. The Hall–Kier alpha value is -2.34. The molecule has 2 aromatic rings. The molecule has 0 heterocycles. The molecule has 0 aromatic heterocycles. The first-order valence-electron chi connectivity index (χ1n) is 7.11. The Labute approximate surface area is 135 Å². The monoisotopic (exact) mass is 335 g/mol. The highest BCUT2D eigenvalue weighted by molar-refractivity contribution is 7.92. The molecule has 0 unspecified atom stereocenters. The van der Waals surface area contributed by atoms with E-state index in [2.05, 4.69) is 6.58 Å². The zero-order valence-corrected chi connectivity index (χ0v) is 13.6. The van der Waals surface area contributed by atoms with Crippen LogP contribution in [0.4, 0.5) is 10.1 Å². The predicted octanol–water partition coefficient (Wildman–Crippen LogP) is 3.61. The third kappa shape index (κ3) is 3.90. The molecule has 23 heavy (non-hydrogen) atoms. The predicted molar refractivity (Wildman–Crippen MR) is 88.7 cm³/mol. The summed E-state index contributed by atoms with van der Waals surface area (Å²) >= 11 is 0. The molecule has 0 radical (unpaired) electrons. The first-order valence-corrected chi connectivity index (χ1v) is 8.55. The zero-order chi connectivity index (χ0) is 16.9. The molecule has 0 aliphatic carbocycles. The van der Waals surface area contributed by atoms with Crippen molar-refractivity contribution in [1.82, 2.24) is 0 Å². The lowest BCUT2D eigenvalue weighted by Crippen LogP contribution is -2.31. The largest absolute Gasteiger partial charge is 0.494 e. The molecule has 4 nitrogen and oxygen atoms in total.